The quantitative estimate of drug-likeness (QED) is 0.752. The third-order valence-electron chi connectivity index (χ3n) is 4.09. The molecule has 0 radical (unpaired) electrons. The van der Waals surface area contributed by atoms with E-state index in [2.05, 4.69) is 24.3 Å². The van der Waals surface area contributed by atoms with Crippen molar-refractivity contribution in [3.8, 4) is 0 Å². The van der Waals surface area contributed by atoms with Gasteiger partial charge >= 0.3 is 0 Å². The molecule has 3 nitrogen and oxygen atoms in total. The predicted molar refractivity (Wildman–Crippen MR) is 88.1 cm³/mol. The fourth-order valence-corrected chi connectivity index (χ4v) is 4.90. The van der Waals surface area contributed by atoms with Crippen LogP contribution in [0.25, 0.3) is 0 Å². The van der Waals surface area contributed by atoms with Gasteiger partial charge in [-0.2, -0.15) is 0 Å². The topological polar surface area (TPSA) is 37.4 Å². The molecule has 0 aliphatic carbocycles. The first-order valence-electron chi connectivity index (χ1n) is 7.59. The minimum Gasteiger partial charge on any atom is -0.212 e. The van der Waals surface area contributed by atoms with E-state index in [1.54, 1.807) is 4.31 Å². The van der Waals surface area contributed by atoms with Crippen LogP contribution >= 0.6 is 11.6 Å². The predicted octanol–water partition coefficient (Wildman–Crippen LogP) is 3.15. The molecule has 1 aliphatic rings. The van der Waals surface area contributed by atoms with Gasteiger partial charge < -0.3 is 0 Å². The van der Waals surface area contributed by atoms with E-state index in [1.165, 1.54) is 5.56 Å². The van der Waals surface area contributed by atoms with Gasteiger partial charge in [-0.25, -0.2) is 12.7 Å². The van der Waals surface area contributed by atoms with Crippen molar-refractivity contribution in [3.63, 3.8) is 0 Å². The van der Waals surface area contributed by atoms with Crippen LogP contribution in [0, 0.1) is 11.8 Å². The molecule has 0 N–H and O–H groups in total. The zero-order valence-electron chi connectivity index (χ0n) is 12.5. The van der Waals surface area contributed by atoms with Crippen molar-refractivity contribution >= 4 is 21.6 Å². The molecule has 1 aromatic rings. The number of piperidine rings is 1. The Bertz CT molecular complexity index is 524. The highest BCUT2D eigenvalue weighted by Crippen LogP contribution is 2.24. The molecule has 1 aromatic carbocycles. The fourth-order valence-electron chi connectivity index (χ4n) is 2.85. The van der Waals surface area contributed by atoms with Gasteiger partial charge in [0.1, 0.15) is 0 Å². The maximum Gasteiger partial charge on any atom is 0.214 e. The minimum absolute atomic E-state index is 0.0127. The number of rotatable bonds is 6. The minimum atomic E-state index is -3.14. The van der Waals surface area contributed by atoms with Gasteiger partial charge in [-0.05, 0) is 36.7 Å². The third kappa shape index (κ3) is 4.97. The molecule has 0 spiro atoms. The Morgan fingerprint density at radius 2 is 1.86 bits per heavy atom. The number of alkyl halides is 1. The van der Waals surface area contributed by atoms with Crippen molar-refractivity contribution in [2.45, 2.75) is 26.2 Å². The first-order chi connectivity index (χ1) is 10.0. The Hall–Kier alpha value is -0.580. The molecule has 0 bridgehead atoms. The van der Waals surface area contributed by atoms with Gasteiger partial charge in [0.2, 0.25) is 10.0 Å². The van der Waals surface area contributed by atoms with Gasteiger partial charge in [0, 0.05) is 19.0 Å². The summed E-state index contributed by atoms with van der Waals surface area (Å²) >= 11 is 5.73. The van der Waals surface area contributed by atoms with E-state index in [1.807, 2.05) is 13.0 Å². The Morgan fingerprint density at radius 3 is 2.43 bits per heavy atom. The van der Waals surface area contributed by atoms with Gasteiger partial charge in [0.05, 0.1) is 5.75 Å². The van der Waals surface area contributed by atoms with Crippen molar-refractivity contribution in [1.82, 2.24) is 4.31 Å². The van der Waals surface area contributed by atoms with Crippen LogP contribution in [-0.2, 0) is 16.4 Å². The molecule has 0 aromatic heterocycles. The van der Waals surface area contributed by atoms with Crippen LogP contribution in [0.5, 0.6) is 0 Å². The Morgan fingerprint density at radius 1 is 1.24 bits per heavy atom. The van der Waals surface area contributed by atoms with E-state index in [4.69, 9.17) is 11.6 Å². The molecule has 2 rings (SSSR count). The van der Waals surface area contributed by atoms with E-state index in [0.717, 1.165) is 19.3 Å². The van der Waals surface area contributed by atoms with Crippen LogP contribution in [0.4, 0.5) is 0 Å². The average Bonchev–Trinajstić information content (AvgIpc) is 2.48. The number of benzene rings is 1. The van der Waals surface area contributed by atoms with E-state index < -0.39 is 10.0 Å². The number of sulfonamides is 1. The highest BCUT2D eigenvalue weighted by molar-refractivity contribution is 7.89. The van der Waals surface area contributed by atoms with Crippen molar-refractivity contribution in [3.05, 3.63) is 35.9 Å². The summed E-state index contributed by atoms with van der Waals surface area (Å²) in [5.74, 6) is 1.16. The summed E-state index contributed by atoms with van der Waals surface area (Å²) in [6.07, 6.45) is 2.94. The monoisotopic (exact) mass is 329 g/mol. The summed E-state index contributed by atoms with van der Waals surface area (Å²) in [5, 5.41) is 0. The summed E-state index contributed by atoms with van der Waals surface area (Å²) in [7, 11) is -3.14. The van der Waals surface area contributed by atoms with E-state index in [9.17, 15) is 8.42 Å². The van der Waals surface area contributed by atoms with Crippen LogP contribution in [0.2, 0.25) is 0 Å². The molecule has 5 heteroatoms. The molecule has 1 aliphatic heterocycles. The number of hydrogen-bond acceptors (Lipinski definition) is 2. The van der Waals surface area contributed by atoms with Crippen LogP contribution in [0.3, 0.4) is 0 Å². The number of halogens is 1. The summed E-state index contributed by atoms with van der Waals surface area (Å²) < 4.78 is 26.2. The standard InChI is InChI=1S/C16H24ClNO2S/c1-14(12-17)13-21(19,20)18-9-7-16(8-10-18)11-15-5-3-2-4-6-15/h2-6,14,16H,7-13H2,1H3. The molecule has 1 saturated heterocycles. The van der Waals surface area contributed by atoms with Gasteiger partial charge in [0.15, 0.2) is 0 Å². The lowest BCUT2D eigenvalue weighted by molar-refractivity contribution is 0.272. The largest absolute Gasteiger partial charge is 0.214 e. The zero-order valence-corrected chi connectivity index (χ0v) is 14.1. The van der Waals surface area contributed by atoms with Crippen LogP contribution < -0.4 is 0 Å². The Balaban J connectivity index is 1.85. The van der Waals surface area contributed by atoms with Gasteiger partial charge in [0.25, 0.3) is 0 Å². The molecule has 1 fully saturated rings. The SMILES string of the molecule is CC(CCl)CS(=O)(=O)N1CCC(Cc2ccccc2)CC1. The average molecular weight is 330 g/mol. The summed E-state index contributed by atoms with van der Waals surface area (Å²) in [6, 6.07) is 10.4. The molecular formula is C16H24ClNO2S. The van der Waals surface area contributed by atoms with E-state index >= 15 is 0 Å². The molecular weight excluding hydrogens is 306 g/mol. The van der Waals surface area contributed by atoms with Crippen molar-refractivity contribution in [1.29, 1.82) is 0 Å². The molecule has 1 heterocycles. The molecule has 1 atom stereocenters. The molecule has 118 valence electrons. The maximum atomic E-state index is 12.3. The summed E-state index contributed by atoms with van der Waals surface area (Å²) in [4.78, 5) is 0. The summed E-state index contributed by atoms with van der Waals surface area (Å²) in [5.41, 5.74) is 1.34. The van der Waals surface area contributed by atoms with Crippen LogP contribution in [0.15, 0.2) is 30.3 Å². The molecule has 1 unspecified atom stereocenters. The fraction of sp³-hybridized carbons (Fsp3) is 0.625. The second-order valence-electron chi connectivity index (χ2n) is 6.07. The number of nitrogens with zero attached hydrogens (tertiary/aromatic N) is 1. The highest BCUT2D eigenvalue weighted by atomic mass is 35.5. The third-order valence-corrected chi connectivity index (χ3v) is 6.76. The maximum absolute atomic E-state index is 12.3. The van der Waals surface area contributed by atoms with Crippen LogP contribution in [-0.4, -0.2) is 37.4 Å². The van der Waals surface area contributed by atoms with Crippen LogP contribution in [0.1, 0.15) is 25.3 Å². The van der Waals surface area contributed by atoms with Gasteiger partial charge in [-0.15, -0.1) is 11.6 Å². The first-order valence-corrected chi connectivity index (χ1v) is 9.73. The lowest BCUT2D eigenvalue weighted by Gasteiger charge is -2.31. The van der Waals surface area contributed by atoms with Gasteiger partial charge in [-0.3, -0.25) is 0 Å². The van der Waals surface area contributed by atoms with Crippen molar-refractivity contribution in [2.24, 2.45) is 11.8 Å². The molecule has 0 saturated carbocycles. The highest BCUT2D eigenvalue weighted by Gasteiger charge is 2.28. The Kier molecular flexibility index (Phi) is 6.08. The lowest BCUT2D eigenvalue weighted by atomic mass is 9.91. The normalized spacial score (nSPS) is 19.5. The molecule has 21 heavy (non-hydrogen) atoms. The van der Waals surface area contributed by atoms with Crippen molar-refractivity contribution in [2.75, 3.05) is 24.7 Å². The first kappa shape index (κ1) is 16.8. The second-order valence-corrected chi connectivity index (χ2v) is 8.39. The summed E-state index contributed by atoms with van der Waals surface area (Å²) in [6.45, 7) is 3.18. The zero-order chi connectivity index (χ0) is 15.3. The smallest absolute Gasteiger partial charge is 0.212 e. The second kappa shape index (κ2) is 7.61. The Labute approximate surface area is 133 Å². The lowest BCUT2D eigenvalue weighted by Crippen LogP contribution is -2.41. The molecule has 0 amide bonds. The van der Waals surface area contributed by atoms with Crippen molar-refractivity contribution < 1.29 is 8.42 Å². The van der Waals surface area contributed by atoms with E-state index in [0.29, 0.717) is 24.9 Å². The van der Waals surface area contributed by atoms with E-state index in [-0.39, 0.29) is 11.7 Å². The number of hydrogen-bond donors (Lipinski definition) is 0. The van der Waals surface area contributed by atoms with Gasteiger partial charge in [-0.1, -0.05) is 37.3 Å².